The first-order valence-corrected chi connectivity index (χ1v) is 7.15. The van der Waals surface area contributed by atoms with Crippen molar-refractivity contribution in [3.8, 4) is 11.6 Å². The number of aromatic nitrogens is 1. The minimum absolute atomic E-state index is 0.0327. The zero-order valence-corrected chi connectivity index (χ0v) is 13.3. The number of ether oxygens (including phenoxy) is 2. The van der Waals surface area contributed by atoms with E-state index in [1.54, 1.807) is 37.4 Å². The number of halogens is 1. The van der Waals surface area contributed by atoms with Gasteiger partial charge in [-0.15, -0.1) is 0 Å². The average Bonchev–Trinajstić information content (AvgIpc) is 2.49. The van der Waals surface area contributed by atoms with Crippen molar-refractivity contribution in [3.63, 3.8) is 0 Å². The molecule has 1 amide bonds. The molecule has 5 nitrogen and oxygen atoms in total. The standard InChI is InChI=1S/C16H17ClN2O3/c1-10(2)22-15-7-4-11(9-18-15)16(20)19-14-6-5-12(21-3)8-13(14)17/h4-10H,1-3H3,(H,19,20). The quantitative estimate of drug-likeness (QED) is 0.910. The summed E-state index contributed by atoms with van der Waals surface area (Å²) in [6.45, 7) is 3.82. The van der Waals surface area contributed by atoms with Crippen LogP contribution in [0.3, 0.4) is 0 Å². The van der Waals surface area contributed by atoms with E-state index in [2.05, 4.69) is 10.3 Å². The number of nitrogens with zero attached hydrogens (tertiary/aromatic N) is 1. The van der Waals surface area contributed by atoms with Crippen LogP contribution in [-0.4, -0.2) is 24.1 Å². The highest BCUT2D eigenvalue weighted by Gasteiger charge is 2.10. The predicted molar refractivity (Wildman–Crippen MR) is 86.0 cm³/mol. The number of nitrogens with one attached hydrogen (secondary N) is 1. The number of rotatable bonds is 5. The normalized spacial score (nSPS) is 10.4. The van der Waals surface area contributed by atoms with Crippen LogP contribution in [0.1, 0.15) is 24.2 Å². The van der Waals surface area contributed by atoms with Crippen molar-refractivity contribution >= 4 is 23.2 Å². The number of carbonyl (C=O) groups excluding carboxylic acids is 1. The minimum Gasteiger partial charge on any atom is -0.497 e. The summed E-state index contributed by atoms with van der Waals surface area (Å²) in [5.74, 6) is 0.810. The number of methoxy groups -OCH3 is 1. The SMILES string of the molecule is COc1ccc(NC(=O)c2ccc(OC(C)C)nc2)c(Cl)c1. The van der Waals surface area contributed by atoms with E-state index in [1.165, 1.54) is 6.20 Å². The van der Waals surface area contributed by atoms with Crippen molar-refractivity contribution in [1.29, 1.82) is 0 Å². The lowest BCUT2D eigenvalue weighted by atomic mass is 10.2. The molecule has 0 saturated heterocycles. The smallest absolute Gasteiger partial charge is 0.257 e. The molecule has 6 heteroatoms. The fraction of sp³-hybridized carbons (Fsp3) is 0.250. The molecule has 0 saturated carbocycles. The van der Waals surface area contributed by atoms with E-state index in [-0.39, 0.29) is 12.0 Å². The molecular weight excluding hydrogens is 304 g/mol. The van der Waals surface area contributed by atoms with Crippen molar-refractivity contribution < 1.29 is 14.3 Å². The van der Waals surface area contributed by atoms with E-state index in [9.17, 15) is 4.79 Å². The van der Waals surface area contributed by atoms with Crippen molar-refractivity contribution in [2.75, 3.05) is 12.4 Å². The second-order valence-corrected chi connectivity index (χ2v) is 5.26. The Morgan fingerprint density at radius 2 is 2.05 bits per heavy atom. The predicted octanol–water partition coefficient (Wildman–Crippen LogP) is 3.78. The first-order chi connectivity index (χ1) is 10.5. The first kappa shape index (κ1) is 16.1. The summed E-state index contributed by atoms with van der Waals surface area (Å²) >= 11 is 6.09. The van der Waals surface area contributed by atoms with Gasteiger partial charge >= 0.3 is 0 Å². The molecule has 0 aliphatic rings. The van der Waals surface area contributed by atoms with Crippen LogP contribution in [0.4, 0.5) is 5.69 Å². The van der Waals surface area contributed by atoms with Crippen molar-refractivity contribution in [2.45, 2.75) is 20.0 Å². The minimum atomic E-state index is -0.296. The molecule has 1 heterocycles. The molecule has 1 N–H and O–H groups in total. The van der Waals surface area contributed by atoms with Gasteiger partial charge in [-0.25, -0.2) is 4.98 Å². The van der Waals surface area contributed by atoms with Gasteiger partial charge in [0.15, 0.2) is 0 Å². The van der Waals surface area contributed by atoms with Crippen LogP contribution in [0.25, 0.3) is 0 Å². The number of anilines is 1. The summed E-state index contributed by atoms with van der Waals surface area (Å²) in [6, 6.07) is 8.35. The maximum absolute atomic E-state index is 12.2. The molecule has 0 aliphatic carbocycles. The summed E-state index contributed by atoms with van der Waals surface area (Å²) in [5, 5.41) is 3.13. The molecule has 0 radical (unpaired) electrons. The Kier molecular flexibility index (Phi) is 5.22. The van der Waals surface area contributed by atoms with Crippen LogP contribution < -0.4 is 14.8 Å². The molecule has 116 valence electrons. The fourth-order valence-corrected chi connectivity index (χ4v) is 1.96. The van der Waals surface area contributed by atoms with E-state index in [0.717, 1.165) is 0 Å². The van der Waals surface area contributed by atoms with Gasteiger partial charge in [-0.05, 0) is 32.0 Å². The molecule has 2 rings (SSSR count). The summed E-state index contributed by atoms with van der Waals surface area (Å²) in [4.78, 5) is 16.3. The number of hydrogen-bond acceptors (Lipinski definition) is 4. The van der Waals surface area contributed by atoms with Crippen LogP contribution in [0.15, 0.2) is 36.5 Å². The third kappa shape index (κ3) is 4.11. The maximum atomic E-state index is 12.2. The van der Waals surface area contributed by atoms with Crippen molar-refractivity contribution in [1.82, 2.24) is 4.98 Å². The third-order valence-corrected chi connectivity index (χ3v) is 3.09. The zero-order valence-electron chi connectivity index (χ0n) is 12.6. The molecule has 0 bridgehead atoms. The van der Waals surface area contributed by atoms with Crippen LogP contribution in [0.5, 0.6) is 11.6 Å². The first-order valence-electron chi connectivity index (χ1n) is 6.77. The highest BCUT2D eigenvalue weighted by Crippen LogP contribution is 2.27. The third-order valence-electron chi connectivity index (χ3n) is 2.78. The lowest BCUT2D eigenvalue weighted by Gasteiger charge is -2.10. The highest BCUT2D eigenvalue weighted by atomic mass is 35.5. The Morgan fingerprint density at radius 1 is 1.27 bits per heavy atom. The molecule has 1 aromatic carbocycles. The second-order valence-electron chi connectivity index (χ2n) is 4.85. The van der Waals surface area contributed by atoms with E-state index in [4.69, 9.17) is 21.1 Å². The monoisotopic (exact) mass is 320 g/mol. The van der Waals surface area contributed by atoms with Gasteiger partial charge in [0, 0.05) is 18.3 Å². The Bertz CT molecular complexity index is 657. The Morgan fingerprint density at radius 3 is 2.59 bits per heavy atom. The molecule has 1 aromatic heterocycles. The number of pyridine rings is 1. The summed E-state index contributed by atoms with van der Waals surface area (Å²) in [6.07, 6.45) is 1.50. The Hall–Kier alpha value is -2.27. The molecule has 0 unspecified atom stereocenters. The van der Waals surface area contributed by atoms with Gasteiger partial charge in [0.05, 0.1) is 29.5 Å². The molecule has 0 atom stereocenters. The lowest BCUT2D eigenvalue weighted by Crippen LogP contribution is -2.13. The van der Waals surface area contributed by atoms with E-state index < -0.39 is 0 Å². The van der Waals surface area contributed by atoms with E-state index >= 15 is 0 Å². The molecular formula is C16H17ClN2O3. The van der Waals surface area contributed by atoms with Gasteiger partial charge in [0.2, 0.25) is 5.88 Å². The second kappa shape index (κ2) is 7.13. The van der Waals surface area contributed by atoms with Crippen molar-refractivity contribution in [2.24, 2.45) is 0 Å². The van der Waals surface area contributed by atoms with E-state index in [0.29, 0.717) is 27.9 Å². The summed E-state index contributed by atoms with van der Waals surface area (Å²) < 4.78 is 10.5. The highest BCUT2D eigenvalue weighted by molar-refractivity contribution is 6.34. The van der Waals surface area contributed by atoms with Crippen LogP contribution in [0.2, 0.25) is 5.02 Å². The maximum Gasteiger partial charge on any atom is 0.257 e. The van der Waals surface area contributed by atoms with Gasteiger partial charge in [0.25, 0.3) is 5.91 Å². The lowest BCUT2D eigenvalue weighted by molar-refractivity contribution is 0.102. The van der Waals surface area contributed by atoms with E-state index in [1.807, 2.05) is 13.8 Å². The summed E-state index contributed by atoms with van der Waals surface area (Å²) in [5.41, 5.74) is 0.929. The zero-order chi connectivity index (χ0) is 16.1. The van der Waals surface area contributed by atoms with Gasteiger partial charge in [-0.1, -0.05) is 11.6 Å². The van der Waals surface area contributed by atoms with Crippen molar-refractivity contribution in [3.05, 3.63) is 47.1 Å². The topological polar surface area (TPSA) is 60.5 Å². The largest absolute Gasteiger partial charge is 0.497 e. The van der Waals surface area contributed by atoms with Gasteiger partial charge in [-0.3, -0.25) is 4.79 Å². The number of benzene rings is 1. The molecule has 0 fully saturated rings. The number of carbonyl (C=O) groups is 1. The number of hydrogen-bond donors (Lipinski definition) is 1. The van der Waals surface area contributed by atoms with Crippen LogP contribution in [0, 0.1) is 0 Å². The molecule has 22 heavy (non-hydrogen) atoms. The molecule has 0 aliphatic heterocycles. The molecule has 0 spiro atoms. The Balaban J connectivity index is 2.09. The number of amides is 1. The van der Waals surface area contributed by atoms with Crippen LogP contribution >= 0.6 is 11.6 Å². The summed E-state index contributed by atoms with van der Waals surface area (Å²) in [7, 11) is 1.55. The Labute approximate surface area is 134 Å². The average molecular weight is 321 g/mol. The molecule has 2 aromatic rings. The van der Waals surface area contributed by atoms with Gasteiger partial charge in [-0.2, -0.15) is 0 Å². The van der Waals surface area contributed by atoms with Gasteiger partial charge < -0.3 is 14.8 Å². The fourth-order valence-electron chi connectivity index (χ4n) is 1.74. The van der Waals surface area contributed by atoms with Gasteiger partial charge in [0.1, 0.15) is 5.75 Å². The van der Waals surface area contributed by atoms with Crippen LogP contribution in [-0.2, 0) is 0 Å².